The van der Waals surface area contributed by atoms with Crippen LogP contribution in [-0.4, -0.2) is 34.1 Å². The van der Waals surface area contributed by atoms with Gasteiger partial charge in [-0.3, -0.25) is 0 Å². The van der Waals surface area contributed by atoms with Gasteiger partial charge >= 0.3 is 0 Å². The number of sulfonamides is 2. The number of rotatable bonds is 8. The maximum Gasteiger partial charge on any atom is 0.277 e. The highest BCUT2D eigenvalue weighted by Gasteiger charge is 2.37. The third-order valence-corrected chi connectivity index (χ3v) is 10.4. The number of nitrogens with zero attached hydrogens (tertiary/aromatic N) is 3. The molecule has 0 aliphatic rings. The zero-order valence-electron chi connectivity index (χ0n) is 21.8. The van der Waals surface area contributed by atoms with E-state index in [0.29, 0.717) is 20.6 Å². The van der Waals surface area contributed by atoms with Crippen LogP contribution >= 0.6 is 0 Å². The average Bonchev–Trinajstić information content (AvgIpc) is 3.44. The minimum atomic E-state index is -4.52. The van der Waals surface area contributed by atoms with Gasteiger partial charge in [0.15, 0.2) is 0 Å². The summed E-state index contributed by atoms with van der Waals surface area (Å²) in [4.78, 5) is -0.308. The number of aromatic nitrogens is 2. The Morgan fingerprint density at radius 1 is 0.600 bits per heavy atom. The summed E-state index contributed by atoms with van der Waals surface area (Å²) in [6.07, 6.45) is 0. The first-order valence-electron chi connectivity index (χ1n) is 12.1. The fourth-order valence-corrected chi connectivity index (χ4v) is 7.63. The van der Waals surface area contributed by atoms with Crippen LogP contribution in [0.1, 0.15) is 11.1 Å². The van der Waals surface area contributed by atoms with Crippen molar-refractivity contribution in [1.29, 1.82) is 0 Å². The highest BCUT2D eigenvalue weighted by Crippen LogP contribution is 2.33. The Labute approximate surface area is 232 Å². The Balaban J connectivity index is 1.55. The third-order valence-electron chi connectivity index (χ3n) is 6.16. The van der Waals surface area contributed by atoms with Crippen LogP contribution in [0.3, 0.4) is 0 Å². The second kappa shape index (κ2) is 10.6. The number of ether oxygens (including phenoxy) is 1. The number of hydrogen-bond acceptors (Lipinski definition) is 8. The molecule has 0 radical (unpaired) electrons. The van der Waals surface area contributed by atoms with Crippen molar-refractivity contribution in [2.45, 2.75) is 23.6 Å². The van der Waals surface area contributed by atoms with Crippen LogP contribution in [0.25, 0.3) is 22.9 Å². The molecule has 0 fully saturated rings. The third kappa shape index (κ3) is 5.21. The molecule has 0 aliphatic carbocycles. The van der Waals surface area contributed by atoms with Gasteiger partial charge in [-0.25, -0.2) is 16.8 Å². The maximum absolute atomic E-state index is 13.8. The number of aryl methyl sites for hydroxylation is 2. The fraction of sp³-hybridized carbons (Fsp3) is 0.103. The number of methoxy groups -OCH3 is 1. The second-order valence-electron chi connectivity index (χ2n) is 9.02. The van der Waals surface area contributed by atoms with E-state index in [1.54, 1.807) is 55.6 Å². The minimum Gasteiger partial charge on any atom is -0.497 e. The molecule has 0 aliphatic heterocycles. The molecular formula is C29H25N3O6S2. The smallest absolute Gasteiger partial charge is 0.277 e. The second-order valence-corrected chi connectivity index (χ2v) is 12.8. The molecule has 0 saturated carbocycles. The number of hydrogen-bond donors (Lipinski definition) is 0. The van der Waals surface area contributed by atoms with Crippen molar-refractivity contribution in [2.75, 3.05) is 10.8 Å². The minimum absolute atomic E-state index is 0.0696. The summed E-state index contributed by atoms with van der Waals surface area (Å²) in [6, 6.07) is 24.9. The Morgan fingerprint density at radius 2 is 1.00 bits per heavy atom. The standard InChI is InChI=1S/C29H25N3O6S2/c1-20-4-16-26(17-5-20)39(33,34)32(40(35,36)27-18-6-21(2)7-19-27)24-12-8-22(9-13-24)28-30-31-29(38-28)23-10-14-25(37-3)15-11-23/h4-19H,1-3H3. The van der Waals surface area contributed by atoms with Crippen LogP contribution in [0.2, 0.25) is 0 Å². The van der Waals surface area contributed by atoms with Crippen molar-refractivity contribution in [3.63, 3.8) is 0 Å². The molecule has 5 rings (SSSR count). The van der Waals surface area contributed by atoms with E-state index in [-0.39, 0.29) is 27.3 Å². The van der Waals surface area contributed by atoms with Crippen LogP contribution in [0.15, 0.2) is 111 Å². The maximum atomic E-state index is 13.8. The summed E-state index contributed by atoms with van der Waals surface area (Å²) in [7, 11) is -7.46. The predicted molar refractivity (Wildman–Crippen MR) is 151 cm³/mol. The molecule has 0 spiro atoms. The van der Waals surface area contributed by atoms with Gasteiger partial charge in [0.25, 0.3) is 20.0 Å². The topological polar surface area (TPSA) is 120 Å². The first-order valence-corrected chi connectivity index (χ1v) is 15.0. The monoisotopic (exact) mass is 575 g/mol. The first-order chi connectivity index (χ1) is 19.1. The molecule has 204 valence electrons. The molecule has 5 aromatic rings. The van der Waals surface area contributed by atoms with Crippen LogP contribution < -0.4 is 8.45 Å². The molecule has 0 bridgehead atoms. The zero-order chi connectivity index (χ0) is 28.5. The lowest BCUT2D eigenvalue weighted by Gasteiger charge is -2.24. The van der Waals surface area contributed by atoms with E-state index in [4.69, 9.17) is 9.15 Å². The largest absolute Gasteiger partial charge is 0.497 e. The van der Waals surface area contributed by atoms with E-state index in [9.17, 15) is 16.8 Å². The number of benzene rings is 4. The first kappa shape index (κ1) is 27.1. The molecule has 0 saturated heterocycles. The van der Waals surface area contributed by atoms with E-state index in [0.717, 1.165) is 11.1 Å². The van der Waals surface area contributed by atoms with E-state index in [1.165, 1.54) is 48.5 Å². The average molecular weight is 576 g/mol. The molecule has 1 aromatic heterocycles. The van der Waals surface area contributed by atoms with Crippen LogP contribution in [0.5, 0.6) is 5.75 Å². The van der Waals surface area contributed by atoms with Gasteiger partial charge in [-0.2, -0.15) is 3.71 Å². The summed E-state index contributed by atoms with van der Waals surface area (Å²) in [5.41, 5.74) is 2.78. The van der Waals surface area contributed by atoms with Crippen LogP contribution in [0.4, 0.5) is 5.69 Å². The Kier molecular flexibility index (Phi) is 7.17. The van der Waals surface area contributed by atoms with Gasteiger partial charge in [-0.1, -0.05) is 35.4 Å². The van der Waals surface area contributed by atoms with Crippen molar-refractivity contribution < 1.29 is 26.0 Å². The van der Waals surface area contributed by atoms with E-state index < -0.39 is 20.0 Å². The van der Waals surface area contributed by atoms with Gasteiger partial charge < -0.3 is 9.15 Å². The van der Waals surface area contributed by atoms with Gasteiger partial charge in [-0.05, 0) is 86.6 Å². The predicted octanol–water partition coefficient (Wildman–Crippen LogP) is 5.61. The summed E-state index contributed by atoms with van der Waals surface area (Å²) in [5.74, 6) is 1.16. The fourth-order valence-electron chi connectivity index (χ4n) is 3.93. The number of anilines is 1. The summed E-state index contributed by atoms with van der Waals surface area (Å²) >= 11 is 0. The lowest BCUT2D eigenvalue weighted by atomic mass is 10.2. The van der Waals surface area contributed by atoms with E-state index in [2.05, 4.69) is 10.2 Å². The zero-order valence-corrected chi connectivity index (χ0v) is 23.5. The van der Waals surface area contributed by atoms with Crippen molar-refractivity contribution in [3.8, 4) is 28.7 Å². The summed E-state index contributed by atoms with van der Waals surface area (Å²) < 4.78 is 66.6. The SMILES string of the molecule is COc1ccc(-c2nnc(-c3ccc(N(S(=O)(=O)c4ccc(C)cc4)S(=O)(=O)c4ccc(C)cc4)cc3)o2)cc1. The molecular weight excluding hydrogens is 550 g/mol. The normalized spacial score (nSPS) is 11.8. The summed E-state index contributed by atoms with van der Waals surface area (Å²) in [6.45, 7) is 3.63. The molecule has 4 aromatic carbocycles. The van der Waals surface area contributed by atoms with Gasteiger partial charge in [-0.15, -0.1) is 10.2 Å². The van der Waals surface area contributed by atoms with E-state index in [1.807, 2.05) is 13.8 Å². The lowest BCUT2D eigenvalue weighted by Crippen LogP contribution is -2.37. The van der Waals surface area contributed by atoms with Crippen molar-refractivity contribution in [1.82, 2.24) is 10.2 Å². The molecule has 1 heterocycles. The molecule has 0 unspecified atom stereocenters. The quantitative estimate of drug-likeness (QED) is 0.234. The molecule has 0 amide bonds. The Hall–Kier alpha value is -4.48. The highest BCUT2D eigenvalue weighted by molar-refractivity contribution is 8.10. The van der Waals surface area contributed by atoms with Crippen molar-refractivity contribution >= 4 is 25.7 Å². The van der Waals surface area contributed by atoms with Crippen molar-refractivity contribution in [3.05, 3.63) is 108 Å². The molecule has 0 N–H and O–H groups in total. The molecule has 9 nitrogen and oxygen atoms in total. The van der Waals surface area contributed by atoms with E-state index >= 15 is 0 Å². The molecule has 11 heteroatoms. The van der Waals surface area contributed by atoms with Crippen LogP contribution in [-0.2, 0) is 20.0 Å². The molecule has 40 heavy (non-hydrogen) atoms. The van der Waals surface area contributed by atoms with Gasteiger partial charge in [0.2, 0.25) is 11.8 Å². The van der Waals surface area contributed by atoms with Crippen LogP contribution in [0, 0.1) is 13.8 Å². The highest BCUT2D eigenvalue weighted by atomic mass is 32.3. The van der Waals surface area contributed by atoms with Gasteiger partial charge in [0.1, 0.15) is 5.75 Å². The molecule has 0 atom stereocenters. The Morgan fingerprint density at radius 3 is 1.40 bits per heavy atom. The Bertz CT molecular complexity index is 1770. The van der Waals surface area contributed by atoms with Crippen molar-refractivity contribution in [2.24, 2.45) is 0 Å². The van der Waals surface area contributed by atoms with Gasteiger partial charge in [0.05, 0.1) is 22.6 Å². The summed E-state index contributed by atoms with van der Waals surface area (Å²) in [5, 5.41) is 8.18. The van der Waals surface area contributed by atoms with Gasteiger partial charge in [0, 0.05) is 11.1 Å². The lowest BCUT2D eigenvalue weighted by molar-refractivity contribution is 0.415.